The maximum atomic E-state index is 12.0. The molecular formula is C16H22N2O3. The number of rotatable bonds is 4. The number of ketones is 1. The molecular weight excluding hydrogens is 268 g/mol. The van der Waals surface area contributed by atoms with Gasteiger partial charge in [-0.3, -0.25) is 9.59 Å². The first-order valence-corrected chi connectivity index (χ1v) is 7.87. The minimum Gasteiger partial charge on any atom is -0.472 e. The molecule has 5 heteroatoms. The molecule has 5 nitrogen and oxygen atoms in total. The van der Waals surface area contributed by atoms with Crippen molar-refractivity contribution in [2.45, 2.75) is 51.2 Å². The number of amides is 1. The van der Waals surface area contributed by atoms with Gasteiger partial charge in [0, 0.05) is 18.9 Å². The lowest BCUT2D eigenvalue weighted by atomic mass is 9.89. The number of nitrogens with one attached hydrogen (secondary N) is 2. The average Bonchev–Trinajstić information content (AvgIpc) is 2.89. The topological polar surface area (TPSA) is 67.4 Å². The van der Waals surface area contributed by atoms with Gasteiger partial charge in [-0.25, -0.2) is 0 Å². The Balaban J connectivity index is 1.38. The van der Waals surface area contributed by atoms with Crippen LogP contribution in [-0.4, -0.2) is 24.5 Å². The van der Waals surface area contributed by atoms with Gasteiger partial charge in [-0.2, -0.15) is 0 Å². The summed E-state index contributed by atoms with van der Waals surface area (Å²) >= 11 is 0. The highest BCUT2D eigenvalue weighted by molar-refractivity contribution is 5.93. The van der Waals surface area contributed by atoms with Crippen LogP contribution in [0.15, 0.2) is 23.6 Å². The Kier molecular flexibility index (Phi) is 4.27. The van der Waals surface area contributed by atoms with E-state index in [9.17, 15) is 9.59 Å². The molecule has 2 N–H and O–H groups in total. The van der Waals surface area contributed by atoms with Crippen LogP contribution in [0, 0.1) is 5.92 Å². The Morgan fingerprint density at radius 2 is 2.10 bits per heavy atom. The second-order valence-corrected chi connectivity index (χ2v) is 5.98. The first kappa shape index (κ1) is 14.2. The predicted octanol–water partition coefficient (Wildman–Crippen LogP) is 1.76. The summed E-state index contributed by atoms with van der Waals surface area (Å²) in [5.74, 6) is 1.18. The van der Waals surface area contributed by atoms with Crippen LogP contribution in [0.4, 0.5) is 0 Å². The molecule has 0 spiro atoms. The van der Waals surface area contributed by atoms with E-state index in [1.807, 2.05) is 0 Å². The van der Waals surface area contributed by atoms with Crippen LogP contribution >= 0.6 is 0 Å². The van der Waals surface area contributed by atoms with E-state index in [2.05, 4.69) is 10.6 Å². The van der Waals surface area contributed by atoms with E-state index >= 15 is 0 Å². The lowest BCUT2D eigenvalue weighted by Gasteiger charge is -2.21. The average molecular weight is 290 g/mol. The van der Waals surface area contributed by atoms with Crippen molar-refractivity contribution in [3.8, 4) is 0 Å². The van der Waals surface area contributed by atoms with E-state index in [0.717, 1.165) is 24.3 Å². The molecule has 1 unspecified atom stereocenters. The van der Waals surface area contributed by atoms with Gasteiger partial charge in [0.15, 0.2) is 12.0 Å². The maximum absolute atomic E-state index is 12.0. The molecule has 0 aromatic heterocycles. The Morgan fingerprint density at radius 1 is 1.29 bits per heavy atom. The number of carbonyl (C=O) groups excluding carboxylic acids is 2. The highest BCUT2D eigenvalue weighted by Gasteiger charge is 2.27. The largest absolute Gasteiger partial charge is 0.472 e. The van der Waals surface area contributed by atoms with Crippen LogP contribution in [0.25, 0.3) is 0 Å². The van der Waals surface area contributed by atoms with Crippen molar-refractivity contribution in [2.24, 2.45) is 5.92 Å². The lowest BCUT2D eigenvalue weighted by Crippen LogP contribution is -2.35. The van der Waals surface area contributed by atoms with Crippen LogP contribution in [0.2, 0.25) is 0 Å². The van der Waals surface area contributed by atoms with E-state index < -0.39 is 0 Å². The molecule has 3 rings (SSSR count). The number of hydrogen-bond acceptors (Lipinski definition) is 4. The monoisotopic (exact) mass is 290 g/mol. The van der Waals surface area contributed by atoms with E-state index in [1.54, 1.807) is 12.2 Å². The van der Waals surface area contributed by atoms with Gasteiger partial charge in [-0.15, -0.1) is 0 Å². The molecule has 1 aliphatic heterocycles. The molecule has 114 valence electrons. The molecule has 0 aromatic carbocycles. The molecule has 2 aliphatic carbocycles. The lowest BCUT2D eigenvalue weighted by molar-refractivity contribution is -0.126. The molecule has 0 bridgehead atoms. The van der Waals surface area contributed by atoms with E-state index in [-0.39, 0.29) is 23.8 Å². The molecule has 0 aromatic rings. The second-order valence-electron chi connectivity index (χ2n) is 5.98. The van der Waals surface area contributed by atoms with Crippen molar-refractivity contribution >= 4 is 11.7 Å². The van der Waals surface area contributed by atoms with Gasteiger partial charge >= 0.3 is 0 Å². The standard InChI is InChI=1S/C16H22N2O3/c19-12-6-7-13-14(10-12)21-15(18-13)8-9-17-16(20)11-4-2-1-3-5-11/h6-7,11,15,18H,1-5,8-10H2,(H,17,20). The summed E-state index contributed by atoms with van der Waals surface area (Å²) in [6, 6.07) is 0. The van der Waals surface area contributed by atoms with Crippen LogP contribution in [0.3, 0.4) is 0 Å². The zero-order chi connectivity index (χ0) is 14.7. The zero-order valence-electron chi connectivity index (χ0n) is 12.2. The zero-order valence-corrected chi connectivity index (χ0v) is 12.2. The number of ether oxygens (including phenoxy) is 1. The summed E-state index contributed by atoms with van der Waals surface area (Å²) in [6.07, 6.45) is 9.87. The van der Waals surface area contributed by atoms with Gasteiger partial charge in [0.05, 0.1) is 12.1 Å². The quantitative estimate of drug-likeness (QED) is 0.828. The number of hydrogen-bond donors (Lipinski definition) is 2. The van der Waals surface area contributed by atoms with Crippen molar-refractivity contribution in [3.05, 3.63) is 23.6 Å². The molecule has 21 heavy (non-hydrogen) atoms. The van der Waals surface area contributed by atoms with E-state index in [0.29, 0.717) is 19.4 Å². The second kappa shape index (κ2) is 6.33. The summed E-state index contributed by atoms with van der Waals surface area (Å²) in [7, 11) is 0. The first-order chi connectivity index (χ1) is 10.2. The Labute approximate surface area is 124 Å². The molecule has 1 saturated carbocycles. The van der Waals surface area contributed by atoms with E-state index in [4.69, 9.17) is 4.74 Å². The molecule has 0 radical (unpaired) electrons. The van der Waals surface area contributed by atoms with Crippen LogP contribution in [-0.2, 0) is 14.3 Å². The maximum Gasteiger partial charge on any atom is 0.223 e. The smallest absolute Gasteiger partial charge is 0.223 e. The third-order valence-electron chi connectivity index (χ3n) is 4.35. The summed E-state index contributed by atoms with van der Waals surface area (Å²) in [6.45, 7) is 0.602. The van der Waals surface area contributed by atoms with Crippen molar-refractivity contribution in [1.82, 2.24) is 10.6 Å². The fourth-order valence-electron chi connectivity index (χ4n) is 3.16. The fraction of sp³-hybridized carbons (Fsp3) is 0.625. The molecule has 1 heterocycles. The van der Waals surface area contributed by atoms with Crippen LogP contribution < -0.4 is 10.6 Å². The minimum absolute atomic E-state index is 0.0711. The fourth-order valence-corrected chi connectivity index (χ4v) is 3.16. The highest BCUT2D eigenvalue weighted by Crippen LogP contribution is 2.25. The highest BCUT2D eigenvalue weighted by atomic mass is 16.5. The van der Waals surface area contributed by atoms with Gasteiger partial charge in [0.2, 0.25) is 5.91 Å². The van der Waals surface area contributed by atoms with Gasteiger partial charge in [-0.1, -0.05) is 19.3 Å². The number of carbonyl (C=O) groups is 2. The Bertz CT molecular complexity index is 490. The van der Waals surface area contributed by atoms with Gasteiger partial charge in [0.25, 0.3) is 0 Å². The van der Waals surface area contributed by atoms with Gasteiger partial charge in [-0.05, 0) is 25.0 Å². The summed E-state index contributed by atoms with van der Waals surface area (Å²) in [5.41, 5.74) is 0.901. The predicted molar refractivity (Wildman–Crippen MR) is 78.0 cm³/mol. The molecule has 1 amide bonds. The van der Waals surface area contributed by atoms with E-state index in [1.165, 1.54) is 19.3 Å². The van der Waals surface area contributed by atoms with Crippen LogP contribution in [0.1, 0.15) is 44.9 Å². The van der Waals surface area contributed by atoms with Gasteiger partial charge < -0.3 is 15.4 Å². The normalized spacial score (nSPS) is 25.3. The Morgan fingerprint density at radius 3 is 2.90 bits per heavy atom. The van der Waals surface area contributed by atoms with Crippen LogP contribution in [0.5, 0.6) is 0 Å². The molecule has 3 aliphatic rings. The van der Waals surface area contributed by atoms with Crippen molar-refractivity contribution in [3.63, 3.8) is 0 Å². The summed E-state index contributed by atoms with van der Waals surface area (Å²) in [4.78, 5) is 23.3. The molecule has 1 atom stereocenters. The third kappa shape index (κ3) is 3.46. The molecule has 1 fully saturated rings. The third-order valence-corrected chi connectivity index (χ3v) is 4.35. The Hall–Kier alpha value is -1.78. The van der Waals surface area contributed by atoms with Crippen molar-refractivity contribution in [1.29, 1.82) is 0 Å². The van der Waals surface area contributed by atoms with Crippen molar-refractivity contribution < 1.29 is 14.3 Å². The molecule has 0 saturated heterocycles. The van der Waals surface area contributed by atoms with Gasteiger partial charge in [0.1, 0.15) is 5.76 Å². The summed E-state index contributed by atoms with van der Waals surface area (Å²) < 4.78 is 5.71. The minimum atomic E-state index is -0.141. The first-order valence-electron chi connectivity index (χ1n) is 7.87. The van der Waals surface area contributed by atoms with Crippen molar-refractivity contribution in [2.75, 3.05) is 6.54 Å². The summed E-state index contributed by atoms with van der Waals surface area (Å²) in [5, 5.41) is 6.24. The number of allylic oxidation sites excluding steroid dienone is 3. The SMILES string of the molecule is O=C1C=CC2=C(C1)OC(CCNC(=O)C1CCCCC1)N2.